The van der Waals surface area contributed by atoms with Crippen LogP contribution in [0.25, 0.3) is 0 Å². The molecule has 0 unspecified atom stereocenters. The quantitative estimate of drug-likeness (QED) is 0.487. The SMILES string of the molecule is O=C(OCC(=O)N1CCc2ccccc21)c1ccc(Cl)c(S(=O)(=O)N2CCc3ccccc3C2)c1. The fourth-order valence-corrected chi connectivity index (χ4v) is 6.45. The van der Waals surface area contributed by atoms with E-state index in [0.717, 1.165) is 28.8 Å². The number of rotatable bonds is 5. The van der Waals surface area contributed by atoms with Crippen molar-refractivity contribution in [1.29, 1.82) is 0 Å². The average Bonchev–Trinajstić information content (AvgIpc) is 3.31. The van der Waals surface area contributed by atoms with Gasteiger partial charge in [0.1, 0.15) is 4.90 Å². The third kappa shape index (κ3) is 4.57. The van der Waals surface area contributed by atoms with Gasteiger partial charge in [-0.05, 0) is 53.8 Å². The second-order valence-corrected chi connectivity index (χ2v) is 10.8. The van der Waals surface area contributed by atoms with Gasteiger partial charge in [-0.2, -0.15) is 4.31 Å². The average molecular weight is 511 g/mol. The molecule has 0 aromatic heterocycles. The Bertz CT molecular complexity index is 1420. The summed E-state index contributed by atoms with van der Waals surface area (Å²) in [4.78, 5) is 26.8. The molecule has 0 saturated heterocycles. The monoisotopic (exact) mass is 510 g/mol. The van der Waals surface area contributed by atoms with E-state index < -0.39 is 22.6 Å². The number of para-hydroxylation sites is 1. The summed E-state index contributed by atoms with van der Waals surface area (Å²) in [7, 11) is -3.95. The molecular weight excluding hydrogens is 488 g/mol. The first-order valence-corrected chi connectivity index (χ1v) is 13.1. The third-order valence-corrected chi connectivity index (χ3v) is 8.72. The first kappa shape index (κ1) is 23.5. The Kier molecular flexibility index (Phi) is 6.35. The molecule has 2 aliphatic heterocycles. The Morgan fingerprint density at radius 3 is 2.37 bits per heavy atom. The van der Waals surface area contributed by atoms with Crippen LogP contribution in [0.5, 0.6) is 0 Å². The number of hydrogen-bond acceptors (Lipinski definition) is 5. The zero-order chi connectivity index (χ0) is 24.6. The predicted octanol–water partition coefficient (Wildman–Crippen LogP) is 3.83. The molecule has 2 aliphatic rings. The van der Waals surface area contributed by atoms with Gasteiger partial charge >= 0.3 is 5.97 Å². The van der Waals surface area contributed by atoms with Crippen molar-refractivity contribution in [2.24, 2.45) is 0 Å². The molecule has 0 radical (unpaired) electrons. The van der Waals surface area contributed by atoms with Gasteiger partial charge in [0.15, 0.2) is 6.61 Å². The van der Waals surface area contributed by atoms with Crippen molar-refractivity contribution in [2.75, 3.05) is 24.6 Å². The molecule has 3 aromatic carbocycles. The lowest BCUT2D eigenvalue weighted by Gasteiger charge is -2.28. The Morgan fingerprint density at radius 1 is 0.886 bits per heavy atom. The number of benzene rings is 3. The zero-order valence-corrected chi connectivity index (χ0v) is 20.4. The Balaban J connectivity index is 1.30. The number of fused-ring (bicyclic) bond motifs is 2. The minimum Gasteiger partial charge on any atom is -0.452 e. The van der Waals surface area contributed by atoms with Crippen molar-refractivity contribution < 1.29 is 22.7 Å². The van der Waals surface area contributed by atoms with Crippen LogP contribution in [0.4, 0.5) is 5.69 Å². The minimum absolute atomic E-state index is 0.0139. The molecule has 7 nitrogen and oxygen atoms in total. The first-order valence-electron chi connectivity index (χ1n) is 11.3. The lowest BCUT2D eigenvalue weighted by Crippen LogP contribution is -2.36. The number of esters is 1. The molecule has 0 spiro atoms. The Hall–Kier alpha value is -3.20. The van der Waals surface area contributed by atoms with E-state index in [2.05, 4.69) is 0 Å². The lowest BCUT2D eigenvalue weighted by molar-refractivity contribution is -0.121. The summed E-state index contributed by atoms with van der Waals surface area (Å²) in [6, 6.07) is 19.3. The van der Waals surface area contributed by atoms with E-state index in [1.807, 2.05) is 48.5 Å². The molecule has 0 bridgehead atoms. The summed E-state index contributed by atoms with van der Waals surface area (Å²) < 4.78 is 33.4. The second kappa shape index (κ2) is 9.45. The maximum Gasteiger partial charge on any atom is 0.338 e. The minimum atomic E-state index is -3.95. The number of amides is 1. The summed E-state index contributed by atoms with van der Waals surface area (Å²) in [5.74, 6) is -1.12. The molecule has 2 heterocycles. The van der Waals surface area contributed by atoms with Crippen molar-refractivity contribution in [3.8, 4) is 0 Å². The van der Waals surface area contributed by atoms with E-state index in [-0.39, 0.29) is 27.9 Å². The summed E-state index contributed by atoms with van der Waals surface area (Å²) in [5, 5.41) is 0.0187. The van der Waals surface area contributed by atoms with Crippen molar-refractivity contribution >= 4 is 39.2 Å². The zero-order valence-electron chi connectivity index (χ0n) is 18.8. The molecular formula is C26H23ClN2O5S. The van der Waals surface area contributed by atoms with Crippen LogP contribution in [0.1, 0.15) is 27.0 Å². The molecule has 9 heteroatoms. The fraction of sp³-hybridized carbons (Fsp3) is 0.231. The van der Waals surface area contributed by atoms with Crippen LogP contribution in [0.15, 0.2) is 71.6 Å². The van der Waals surface area contributed by atoms with Gasteiger partial charge in [-0.15, -0.1) is 0 Å². The maximum atomic E-state index is 13.4. The smallest absolute Gasteiger partial charge is 0.338 e. The topological polar surface area (TPSA) is 84.0 Å². The first-order chi connectivity index (χ1) is 16.8. The Morgan fingerprint density at radius 2 is 1.57 bits per heavy atom. The van der Waals surface area contributed by atoms with Gasteiger partial charge in [-0.25, -0.2) is 13.2 Å². The van der Waals surface area contributed by atoms with Crippen LogP contribution in [0.2, 0.25) is 5.02 Å². The summed E-state index contributed by atoms with van der Waals surface area (Å²) in [5.41, 5.74) is 3.96. The highest BCUT2D eigenvalue weighted by Gasteiger charge is 2.31. The van der Waals surface area contributed by atoms with Gasteiger partial charge in [0, 0.05) is 25.3 Å². The highest BCUT2D eigenvalue weighted by Crippen LogP contribution is 2.30. The van der Waals surface area contributed by atoms with E-state index in [0.29, 0.717) is 19.5 Å². The van der Waals surface area contributed by atoms with Crippen LogP contribution < -0.4 is 4.90 Å². The van der Waals surface area contributed by atoms with Crippen molar-refractivity contribution in [1.82, 2.24) is 4.31 Å². The molecule has 0 atom stereocenters. The molecule has 180 valence electrons. The van der Waals surface area contributed by atoms with Gasteiger partial charge in [-0.3, -0.25) is 4.79 Å². The van der Waals surface area contributed by atoms with E-state index in [1.165, 1.54) is 22.5 Å². The molecule has 3 aromatic rings. The number of hydrogen-bond donors (Lipinski definition) is 0. The van der Waals surface area contributed by atoms with E-state index in [9.17, 15) is 18.0 Å². The molecule has 0 saturated carbocycles. The lowest BCUT2D eigenvalue weighted by atomic mass is 10.0. The maximum absolute atomic E-state index is 13.4. The number of halogens is 1. The largest absolute Gasteiger partial charge is 0.452 e. The van der Waals surface area contributed by atoms with Crippen LogP contribution in [-0.2, 0) is 38.9 Å². The molecule has 0 fully saturated rings. The summed E-state index contributed by atoms with van der Waals surface area (Å²) in [6.45, 7) is 0.629. The molecule has 35 heavy (non-hydrogen) atoms. The van der Waals surface area contributed by atoms with Crippen molar-refractivity contribution in [2.45, 2.75) is 24.3 Å². The number of nitrogens with zero attached hydrogens (tertiary/aromatic N) is 2. The van der Waals surface area contributed by atoms with Gasteiger partial charge in [0.05, 0.1) is 10.6 Å². The van der Waals surface area contributed by atoms with Crippen LogP contribution in [0, 0.1) is 0 Å². The summed E-state index contributed by atoms with van der Waals surface area (Å²) in [6.07, 6.45) is 1.34. The van der Waals surface area contributed by atoms with Crippen molar-refractivity contribution in [3.63, 3.8) is 0 Å². The standard InChI is InChI=1S/C26H23ClN2O5S/c27-22-10-9-20(26(31)34-17-25(30)29-14-12-19-6-3-4-8-23(19)29)15-24(22)35(32,33)28-13-11-18-5-1-2-7-21(18)16-28/h1-10,15H,11-14,16-17H2. The van der Waals surface area contributed by atoms with E-state index in [1.54, 1.807) is 4.90 Å². The number of ether oxygens (including phenoxy) is 1. The van der Waals surface area contributed by atoms with Crippen LogP contribution in [0.3, 0.4) is 0 Å². The molecule has 0 aliphatic carbocycles. The highest BCUT2D eigenvalue weighted by atomic mass is 35.5. The number of carbonyl (C=O) groups is 2. The van der Waals surface area contributed by atoms with Crippen LogP contribution >= 0.6 is 11.6 Å². The van der Waals surface area contributed by atoms with Gasteiger partial charge in [-0.1, -0.05) is 54.1 Å². The normalized spacial score (nSPS) is 15.4. The predicted molar refractivity (Wildman–Crippen MR) is 132 cm³/mol. The molecule has 0 N–H and O–H groups in total. The summed E-state index contributed by atoms with van der Waals surface area (Å²) >= 11 is 6.25. The fourth-order valence-electron chi connectivity index (χ4n) is 4.53. The molecule has 1 amide bonds. The second-order valence-electron chi connectivity index (χ2n) is 8.50. The number of anilines is 1. The third-order valence-electron chi connectivity index (χ3n) is 6.40. The number of sulfonamides is 1. The van der Waals surface area contributed by atoms with E-state index >= 15 is 0 Å². The molecule has 5 rings (SSSR count). The van der Waals surface area contributed by atoms with Gasteiger partial charge < -0.3 is 9.64 Å². The van der Waals surface area contributed by atoms with Gasteiger partial charge in [0.2, 0.25) is 10.0 Å². The van der Waals surface area contributed by atoms with Gasteiger partial charge in [0.25, 0.3) is 5.91 Å². The highest BCUT2D eigenvalue weighted by molar-refractivity contribution is 7.89. The van der Waals surface area contributed by atoms with Crippen molar-refractivity contribution in [3.05, 3.63) is 94.0 Å². The Labute approximate surface area is 208 Å². The number of carbonyl (C=O) groups excluding carboxylic acids is 2. The van der Waals surface area contributed by atoms with Crippen LogP contribution in [-0.4, -0.2) is 44.3 Å². The van der Waals surface area contributed by atoms with E-state index in [4.69, 9.17) is 16.3 Å².